The summed E-state index contributed by atoms with van der Waals surface area (Å²) in [6.07, 6.45) is 2.62. The number of nitrogens with zero attached hydrogens (tertiary/aromatic N) is 3. The zero-order valence-corrected chi connectivity index (χ0v) is 13.4. The van der Waals surface area contributed by atoms with E-state index in [1.54, 1.807) is 6.20 Å². The molecule has 3 aromatic rings. The summed E-state index contributed by atoms with van der Waals surface area (Å²) in [5.74, 6) is 1.49. The smallest absolute Gasteiger partial charge is 0.180 e. The molecule has 0 aliphatic carbocycles. The molecule has 0 saturated carbocycles. The molecule has 0 aliphatic rings. The summed E-state index contributed by atoms with van der Waals surface area (Å²) < 4.78 is 0. The predicted octanol–water partition coefficient (Wildman–Crippen LogP) is 4.27. The number of anilines is 1. The van der Waals surface area contributed by atoms with Crippen LogP contribution in [0.2, 0.25) is 0 Å². The van der Waals surface area contributed by atoms with Gasteiger partial charge in [0.05, 0.1) is 0 Å². The van der Waals surface area contributed by atoms with Gasteiger partial charge < -0.3 is 5.32 Å². The Morgan fingerprint density at radius 3 is 2.48 bits per heavy atom. The third-order valence-electron chi connectivity index (χ3n) is 3.70. The molecule has 23 heavy (non-hydrogen) atoms. The molecule has 2 heterocycles. The number of pyridine rings is 1. The summed E-state index contributed by atoms with van der Waals surface area (Å²) in [5, 5.41) is 3.46. The summed E-state index contributed by atoms with van der Waals surface area (Å²) in [6.45, 7) is 4.22. The maximum atomic E-state index is 4.63. The molecule has 0 radical (unpaired) electrons. The van der Waals surface area contributed by atoms with Gasteiger partial charge in [-0.05, 0) is 31.0 Å². The van der Waals surface area contributed by atoms with Crippen molar-refractivity contribution in [3.8, 4) is 11.5 Å². The van der Waals surface area contributed by atoms with Crippen LogP contribution in [0.15, 0.2) is 60.8 Å². The fraction of sp³-hybridized carbons (Fsp3) is 0.211. The maximum absolute atomic E-state index is 4.63. The molecule has 0 aliphatic heterocycles. The summed E-state index contributed by atoms with van der Waals surface area (Å²) in [7, 11) is 0. The normalized spacial score (nSPS) is 11.9. The average Bonchev–Trinajstić information content (AvgIpc) is 2.63. The van der Waals surface area contributed by atoms with Crippen LogP contribution >= 0.6 is 0 Å². The molecule has 0 fully saturated rings. The van der Waals surface area contributed by atoms with Crippen molar-refractivity contribution in [3.63, 3.8) is 0 Å². The van der Waals surface area contributed by atoms with Gasteiger partial charge in [0.1, 0.15) is 11.5 Å². The van der Waals surface area contributed by atoms with E-state index in [2.05, 4.69) is 46.2 Å². The molecular weight excluding hydrogens is 284 g/mol. The highest BCUT2D eigenvalue weighted by atomic mass is 15.1. The highest BCUT2D eigenvalue weighted by Crippen LogP contribution is 2.21. The Kier molecular flexibility index (Phi) is 4.62. The fourth-order valence-electron chi connectivity index (χ4n) is 2.41. The molecule has 0 spiro atoms. The SMILES string of the molecule is CCc1cc(N[C@H](C)c2ccccc2)nc(-c2ccccn2)n1. The Hall–Kier alpha value is -2.75. The van der Waals surface area contributed by atoms with Crippen molar-refractivity contribution >= 4 is 5.82 Å². The molecule has 0 amide bonds. The van der Waals surface area contributed by atoms with Gasteiger partial charge in [-0.1, -0.05) is 43.3 Å². The molecular formula is C19H20N4. The van der Waals surface area contributed by atoms with Gasteiger partial charge in [0.15, 0.2) is 5.82 Å². The van der Waals surface area contributed by atoms with E-state index in [1.165, 1.54) is 5.56 Å². The Labute approximate surface area is 136 Å². The van der Waals surface area contributed by atoms with Crippen LogP contribution in [-0.4, -0.2) is 15.0 Å². The van der Waals surface area contributed by atoms with Crippen molar-refractivity contribution in [1.82, 2.24) is 15.0 Å². The van der Waals surface area contributed by atoms with Crippen molar-refractivity contribution in [1.29, 1.82) is 0 Å². The molecule has 0 saturated heterocycles. The van der Waals surface area contributed by atoms with E-state index in [9.17, 15) is 0 Å². The number of nitrogens with one attached hydrogen (secondary N) is 1. The highest BCUT2D eigenvalue weighted by Gasteiger charge is 2.10. The lowest BCUT2D eigenvalue weighted by atomic mass is 10.1. The first-order valence-electron chi connectivity index (χ1n) is 7.87. The van der Waals surface area contributed by atoms with Gasteiger partial charge in [-0.3, -0.25) is 4.98 Å². The topological polar surface area (TPSA) is 50.7 Å². The second-order valence-electron chi connectivity index (χ2n) is 5.41. The summed E-state index contributed by atoms with van der Waals surface area (Å²) in [6, 6.07) is 18.3. The van der Waals surface area contributed by atoms with Crippen LogP contribution < -0.4 is 5.32 Å². The second-order valence-corrected chi connectivity index (χ2v) is 5.41. The van der Waals surface area contributed by atoms with Gasteiger partial charge in [-0.2, -0.15) is 0 Å². The minimum absolute atomic E-state index is 0.174. The van der Waals surface area contributed by atoms with E-state index in [4.69, 9.17) is 0 Å². The lowest BCUT2D eigenvalue weighted by Gasteiger charge is -2.16. The van der Waals surface area contributed by atoms with Crippen molar-refractivity contribution in [2.75, 3.05) is 5.32 Å². The molecule has 0 bridgehead atoms. The largest absolute Gasteiger partial charge is 0.363 e. The monoisotopic (exact) mass is 304 g/mol. The first kappa shape index (κ1) is 15.2. The Balaban J connectivity index is 1.90. The Morgan fingerprint density at radius 1 is 1.00 bits per heavy atom. The Bertz CT molecular complexity index is 757. The van der Waals surface area contributed by atoms with Gasteiger partial charge >= 0.3 is 0 Å². The third-order valence-corrected chi connectivity index (χ3v) is 3.70. The molecule has 116 valence electrons. The van der Waals surface area contributed by atoms with Crippen LogP contribution in [-0.2, 0) is 6.42 Å². The number of aryl methyl sites for hydroxylation is 1. The van der Waals surface area contributed by atoms with E-state index in [1.807, 2.05) is 42.5 Å². The summed E-state index contributed by atoms with van der Waals surface area (Å²) in [4.78, 5) is 13.6. The number of rotatable bonds is 5. The minimum atomic E-state index is 0.174. The Morgan fingerprint density at radius 2 is 1.78 bits per heavy atom. The van der Waals surface area contributed by atoms with Gasteiger partial charge in [-0.15, -0.1) is 0 Å². The van der Waals surface area contributed by atoms with Crippen molar-refractivity contribution in [3.05, 3.63) is 72.1 Å². The number of hydrogen-bond donors (Lipinski definition) is 1. The summed E-state index contributed by atoms with van der Waals surface area (Å²) >= 11 is 0. The first-order chi connectivity index (χ1) is 11.3. The lowest BCUT2D eigenvalue weighted by molar-refractivity contribution is 0.867. The zero-order chi connectivity index (χ0) is 16.1. The molecule has 0 unspecified atom stereocenters. The fourth-order valence-corrected chi connectivity index (χ4v) is 2.41. The van der Waals surface area contributed by atoms with E-state index < -0.39 is 0 Å². The van der Waals surface area contributed by atoms with Crippen LogP contribution in [0.1, 0.15) is 31.1 Å². The highest BCUT2D eigenvalue weighted by molar-refractivity contribution is 5.53. The number of hydrogen-bond acceptors (Lipinski definition) is 4. The van der Waals surface area contributed by atoms with Crippen LogP contribution in [0.25, 0.3) is 11.5 Å². The molecule has 3 rings (SSSR count). The van der Waals surface area contributed by atoms with Gasteiger partial charge in [0.2, 0.25) is 0 Å². The minimum Gasteiger partial charge on any atom is -0.363 e. The molecule has 2 aromatic heterocycles. The van der Waals surface area contributed by atoms with E-state index >= 15 is 0 Å². The standard InChI is InChI=1S/C19H20N4/c1-3-16-13-18(21-14(2)15-9-5-4-6-10-15)23-19(22-16)17-11-7-8-12-20-17/h4-14H,3H2,1-2H3,(H,21,22,23)/t14-/m1/s1. The molecule has 4 heteroatoms. The van der Waals surface area contributed by atoms with Crippen LogP contribution in [0.4, 0.5) is 5.82 Å². The molecule has 1 N–H and O–H groups in total. The van der Waals surface area contributed by atoms with E-state index in [0.29, 0.717) is 5.82 Å². The van der Waals surface area contributed by atoms with Crippen LogP contribution in [0, 0.1) is 0 Å². The summed E-state index contributed by atoms with van der Waals surface area (Å²) in [5.41, 5.74) is 3.02. The molecule has 1 atom stereocenters. The van der Waals surface area contributed by atoms with Crippen LogP contribution in [0.5, 0.6) is 0 Å². The second kappa shape index (κ2) is 7.01. The molecule has 1 aromatic carbocycles. The van der Waals surface area contributed by atoms with Gasteiger partial charge in [0, 0.05) is 24.0 Å². The maximum Gasteiger partial charge on any atom is 0.180 e. The van der Waals surface area contributed by atoms with E-state index in [0.717, 1.165) is 23.6 Å². The van der Waals surface area contributed by atoms with Crippen molar-refractivity contribution < 1.29 is 0 Å². The lowest BCUT2D eigenvalue weighted by Crippen LogP contribution is -2.09. The number of aromatic nitrogens is 3. The first-order valence-corrected chi connectivity index (χ1v) is 7.87. The quantitative estimate of drug-likeness (QED) is 0.764. The van der Waals surface area contributed by atoms with Crippen LogP contribution in [0.3, 0.4) is 0 Å². The van der Waals surface area contributed by atoms with Gasteiger partial charge in [0.25, 0.3) is 0 Å². The number of benzene rings is 1. The zero-order valence-electron chi connectivity index (χ0n) is 13.4. The predicted molar refractivity (Wildman–Crippen MR) is 93.1 cm³/mol. The third kappa shape index (κ3) is 3.72. The van der Waals surface area contributed by atoms with Crippen molar-refractivity contribution in [2.24, 2.45) is 0 Å². The average molecular weight is 304 g/mol. The van der Waals surface area contributed by atoms with Gasteiger partial charge in [-0.25, -0.2) is 9.97 Å². The molecule has 4 nitrogen and oxygen atoms in total. The van der Waals surface area contributed by atoms with Crippen molar-refractivity contribution in [2.45, 2.75) is 26.3 Å². The van der Waals surface area contributed by atoms with E-state index in [-0.39, 0.29) is 6.04 Å².